The van der Waals surface area contributed by atoms with Gasteiger partial charge in [-0.05, 0) is 71.7 Å². The van der Waals surface area contributed by atoms with Gasteiger partial charge >= 0.3 is 0 Å². The predicted octanol–water partition coefficient (Wildman–Crippen LogP) is 4.32. The van der Waals surface area contributed by atoms with E-state index in [2.05, 4.69) is 33.5 Å². The third-order valence-corrected chi connectivity index (χ3v) is 7.13. The predicted molar refractivity (Wildman–Crippen MR) is 109 cm³/mol. The summed E-state index contributed by atoms with van der Waals surface area (Å²) in [6, 6.07) is 14.7. The van der Waals surface area contributed by atoms with E-state index in [4.69, 9.17) is 0 Å². The summed E-state index contributed by atoms with van der Waals surface area (Å²) in [6.45, 7) is 0. The van der Waals surface area contributed by atoms with Gasteiger partial charge in [0, 0.05) is 29.9 Å². The molecule has 0 saturated heterocycles. The number of pyridine rings is 2. The zero-order chi connectivity index (χ0) is 19.6. The number of anilines is 1. The molecule has 5 nitrogen and oxygen atoms in total. The van der Waals surface area contributed by atoms with Crippen LogP contribution in [0.15, 0.2) is 55.0 Å². The molecule has 3 aromatic rings. The number of hydrogen-bond donors (Lipinski definition) is 1. The average molecular weight is 380 g/mol. The topological polar surface area (TPSA) is 78.7 Å². The van der Waals surface area contributed by atoms with E-state index in [-0.39, 0.29) is 28.6 Å². The third-order valence-electron chi connectivity index (χ3n) is 7.13. The summed E-state index contributed by atoms with van der Waals surface area (Å²) in [5.74, 6) is 0.802. The second kappa shape index (κ2) is 5.64. The molecule has 3 fully saturated rings. The second-order valence-corrected chi connectivity index (χ2v) is 8.83. The Balaban J connectivity index is 1.23. The van der Waals surface area contributed by atoms with E-state index in [1.54, 1.807) is 12.4 Å². The standard InChI is InChI=1S/C24H20N4O/c25-14-24(13-23(24)5-6-23)18-4-3-15-12-27-21(9-17(15)8-18)28-22(29)20-10-19(20)16-2-1-7-26-11-16/h1-4,7-9,11-12,19-20H,5-6,10,13H2,(H,27,28,29)/t19-,20+,24+/m0/s1. The Morgan fingerprint density at radius 2 is 2.07 bits per heavy atom. The van der Waals surface area contributed by atoms with Crippen molar-refractivity contribution < 1.29 is 4.79 Å². The number of nitrogens with one attached hydrogen (secondary N) is 1. The summed E-state index contributed by atoms with van der Waals surface area (Å²) in [7, 11) is 0. The number of carbonyl (C=O) groups excluding carboxylic acids is 1. The van der Waals surface area contributed by atoms with Crippen molar-refractivity contribution in [2.75, 3.05) is 5.32 Å². The molecule has 3 aliphatic carbocycles. The van der Waals surface area contributed by atoms with Crippen LogP contribution in [-0.4, -0.2) is 15.9 Å². The normalized spacial score (nSPS) is 28.0. The number of rotatable bonds is 4. The van der Waals surface area contributed by atoms with Gasteiger partial charge in [-0.25, -0.2) is 4.98 Å². The van der Waals surface area contributed by atoms with Gasteiger partial charge in [0.2, 0.25) is 5.91 Å². The molecule has 2 aromatic heterocycles. The fraction of sp³-hybridized carbons (Fsp3) is 0.333. The number of carbonyl (C=O) groups is 1. The van der Waals surface area contributed by atoms with Crippen LogP contribution in [0.1, 0.15) is 42.7 Å². The van der Waals surface area contributed by atoms with Crippen molar-refractivity contribution in [2.24, 2.45) is 11.3 Å². The van der Waals surface area contributed by atoms with E-state index in [1.807, 2.05) is 30.5 Å². The molecule has 3 atom stereocenters. The van der Waals surface area contributed by atoms with Gasteiger partial charge in [-0.3, -0.25) is 9.78 Å². The zero-order valence-electron chi connectivity index (χ0n) is 15.9. The van der Waals surface area contributed by atoms with Gasteiger partial charge < -0.3 is 5.32 Å². The largest absolute Gasteiger partial charge is 0.310 e. The molecule has 0 bridgehead atoms. The molecule has 1 N–H and O–H groups in total. The van der Waals surface area contributed by atoms with Crippen LogP contribution in [0.3, 0.4) is 0 Å². The molecule has 3 aliphatic rings. The Labute approximate surface area is 168 Å². The summed E-state index contributed by atoms with van der Waals surface area (Å²) in [5, 5.41) is 14.8. The van der Waals surface area contributed by atoms with Gasteiger partial charge in [0.1, 0.15) is 5.82 Å². The van der Waals surface area contributed by atoms with Crippen molar-refractivity contribution in [3.8, 4) is 6.07 Å². The van der Waals surface area contributed by atoms with Crippen LogP contribution >= 0.6 is 0 Å². The van der Waals surface area contributed by atoms with Crippen LogP contribution in [0.25, 0.3) is 10.8 Å². The first-order valence-electron chi connectivity index (χ1n) is 10.2. The molecule has 6 rings (SSSR count). The van der Waals surface area contributed by atoms with Crippen LogP contribution in [0, 0.1) is 22.7 Å². The summed E-state index contributed by atoms with van der Waals surface area (Å²) in [6.07, 6.45) is 9.53. The molecule has 2 heterocycles. The van der Waals surface area contributed by atoms with Crippen molar-refractivity contribution in [2.45, 2.75) is 37.0 Å². The van der Waals surface area contributed by atoms with E-state index in [1.165, 1.54) is 0 Å². The molecule has 3 saturated carbocycles. The highest BCUT2D eigenvalue weighted by Gasteiger charge is 2.75. The molecule has 1 spiro atoms. The van der Waals surface area contributed by atoms with Crippen LogP contribution in [-0.2, 0) is 10.2 Å². The van der Waals surface area contributed by atoms with Crippen molar-refractivity contribution in [3.05, 3.63) is 66.1 Å². The van der Waals surface area contributed by atoms with Gasteiger partial charge in [0.05, 0.1) is 11.5 Å². The minimum Gasteiger partial charge on any atom is -0.310 e. The van der Waals surface area contributed by atoms with E-state index in [9.17, 15) is 10.1 Å². The second-order valence-electron chi connectivity index (χ2n) is 8.83. The molecule has 29 heavy (non-hydrogen) atoms. The lowest BCUT2D eigenvalue weighted by Gasteiger charge is -2.11. The Kier molecular flexibility index (Phi) is 3.24. The van der Waals surface area contributed by atoms with Gasteiger partial charge in [-0.2, -0.15) is 5.26 Å². The summed E-state index contributed by atoms with van der Waals surface area (Å²) < 4.78 is 0. The smallest absolute Gasteiger partial charge is 0.229 e. The summed E-state index contributed by atoms with van der Waals surface area (Å²) in [4.78, 5) is 21.2. The van der Waals surface area contributed by atoms with Crippen molar-refractivity contribution >= 4 is 22.5 Å². The van der Waals surface area contributed by atoms with E-state index < -0.39 is 0 Å². The number of fused-ring (bicyclic) bond motifs is 1. The lowest BCUT2D eigenvalue weighted by Crippen LogP contribution is -2.15. The average Bonchev–Trinajstić information content (AvgIpc) is 3.66. The molecule has 1 aromatic carbocycles. The molecular formula is C24H20N4O. The van der Waals surface area contributed by atoms with Crippen molar-refractivity contribution in [3.63, 3.8) is 0 Å². The number of nitriles is 1. The first-order valence-corrected chi connectivity index (χ1v) is 10.2. The quantitative estimate of drug-likeness (QED) is 0.731. The van der Waals surface area contributed by atoms with Gasteiger partial charge in [0.25, 0.3) is 0 Å². The maximum Gasteiger partial charge on any atom is 0.229 e. The fourth-order valence-corrected chi connectivity index (χ4v) is 4.99. The Morgan fingerprint density at radius 1 is 1.17 bits per heavy atom. The molecule has 5 heteroatoms. The van der Waals surface area contributed by atoms with Gasteiger partial charge in [-0.1, -0.05) is 18.2 Å². The Bertz CT molecular complexity index is 1190. The van der Waals surface area contributed by atoms with Crippen LogP contribution in [0.2, 0.25) is 0 Å². The fourth-order valence-electron chi connectivity index (χ4n) is 4.99. The molecule has 142 valence electrons. The van der Waals surface area contributed by atoms with Gasteiger partial charge in [0.15, 0.2) is 0 Å². The molecule has 0 unspecified atom stereocenters. The first kappa shape index (κ1) is 16.7. The highest BCUT2D eigenvalue weighted by Crippen LogP contribution is 2.78. The maximum atomic E-state index is 12.7. The molecule has 0 aliphatic heterocycles. The maximum absolute atomic E-state index is 12.7. The van der Waals surface area contributed by atoms with Crippen LogP contribution < -0.4 is 5.32 Å². The lowest BCUT2D eigenvalue weighted by molar-refractivity contribution is -0.117. The summed E-state index contributed by atoms with van der Waals surface area (Å²) in [5.41, 5.74) is 2.15. The number of benzene rings is 1. The Morgan fingerprint density at radius 3 is 2.79 bits per heavy atom. The third kappa shape index (κ3) is 2.49. The SMILES string of the molecule is N#C[C@@]1(c2ccc3cnc(NC(=O)[C@@H]4C[C@H]4c4cccnc4)cc3c2)CC12CC2. The monoisotopic (exact) mass is 380 g/mol. The van der Waals surface area contributed by atoms with E-state index in [0.717, 1.165) is 47.6 Å². The van der Waals surface area contributed by atoms with Crippen LogP contribution in [0.5, 0.6) is 0 Å². The van der Waals surface area contributed by atoms with Crippen molar-refractivity contribution in [1.29, 1.82) is 5.26 Å². The minimum absolute atomic E-state index is 0.00878. The number of nitrogens with zero attached hydrogens (tertiary/aromatic N) is 3. The summed E-state index contributed by atoms with van der Waals surface area (Å²) >= 11 is 0. The molecule has 0 radical (unpaired) electrons. The Hall–Kier alpha value is -3.26. The highest BCUT2D eigenvalue weighted by atomic mass is 16.2. The van der Waals surface area contributed by atoms with E-state index in [0.29, 0.717) is 5.82 Å². The lowest BCUT2D eigenvalue weighted by atomic mass is 9.92. The highest BCUT2D eigenvalue weighted by molar-refractivity contribution is 5.96. The molecular weight excluding hydrogens is 360 g/mol. The van der Waals surface area contributed by atoms with E-state index >= 15 is 0 Å². The first-order chi connectivity index (χ1) is 14.1. The van der Waals surface area contributed by atoms with Gasteiger partial charge in [-0.15, -0.1) is 0 Å². The number of hydrogen-bond acceptors (Lipinski definition) is 4. The number of aromatic nitrogens is 2. The number of amides is 1. The zero-order valence-corrected chi connectivity index (χ0v) is 15.9. The molecule has 1 amide bonds. The van der Waals surface area contributed by atoms with Crippen LogP contribution in [0.4, 0.5) is 5.82 Å². The minimum atomic E-state index is -0.307. The van der Waals surface area contributed by atoms with Crippen molar-refractivity contribution in [1.82, 2.24) is 9.97 Å².